The van der Waals surface area contributed by atoms with Gasteiger partial charge in [-0.2, -0.15) is 0 Å². The van der Waals surface area contributed by atoms with E-state index in [4.69, 9.17) is 4.74 Å². The molecule has 0 bridgehead atoms. The molecular weight excluding hydrogens is 308 g/mol. The number of ether oxygens (including phenoxy) is 1. The summed E-state index contributed by atoms with van der Waals surface area (Å²) in [4.78, 5) is 34.0. The van der Waals surface area contributed by atoms with E-state index in [1.807, 2.05) is 0 Å². The molecule has 1 saturated heterocycles. The van der Waals surface area contributed by atoms with Gasteiger partial charge in [-0.3, -0.25) is 4.79 Å². The van der Waals surface area contributed by atoms with Crippen molar-refractivity contribution in [3.05, 3.63) is 47.9 Å². The highest BCUT2D eigenvalue weighted by Crippen LogP contribution is 2.18. The van der Waals surface area contributed by atoms with Crippen LogP contribution in [0.4, 0.5) is 11.5 Å². The Bertz CT molecular complexity index is 757. The first-order valence-electron chi connectivity index (χ1n) is 7.74. The fraction of sp³-hybridized carbons (Fsp3) is 0.294. The van der Waals surface area contributed by atoms with E-state index in [1.54, 1.807) is 35.2 Å². The number of carbonyl (C=O) groups excluding carboxylic acids is 2. The number of nitrogens with zero attached hydrogens (tertiary/aromatic N) is 3. The van der Waals surface area contributed by atoms with Gasteiger partial charge in [-0.15, -0.1) is 0 Å². The Morgan fingerprint density at radius 1 is 1.17 bits per heavy atom. The summed E-state index contributed by atoms with van der Waals surface area (Å²) in [7, 11) is 1.34. The van der Waals surface area contributed by atoms with Crippen molar-refractivity contribution < 1.29 is 14.3 Å². The van der Waals surface area contributed by atoms with E-state index in [1.165, 1.54) is 13.4 Å². The normalized spacial score (nSPS) is 13.6. The number of hydrogen-bond donors (Lipinski definition) is 1. The van der Waals surface area contributed by atoms with Gasteiger partial charge in [0.15, 0.2) is 0 Å². The summed E-state index contributed by atoms with van der Waals surface area (Å²) in [5, 5.41) is 3.08. The molecule has 1 N–H and O–H groups in total. The Balaban J connectivity index is 1.77. The summed E-state index contributed by atoms with van der Waals surface area (Å²) < 4.78 is 4.71. The maximum Gasteiger partial charge on any atom is 0.337 e. The van der Waals surface area contributed by atoms with Crippen LogP contribution in [0.15, 0.2) is 36.7 Å². The smallest absolute Gasteiger partial charge is 0.337 e. The average Bonchev–Trinajstić information content (AvgIpc) is 3.15. The number of amides is 1. The van der Waals surface area contributed by atoms with E-state index < -0.39 is 5.97 Å². The Kier molecular flexibility index (Phi) is 4.69. The van der Waals surface area contributed by atoms with Crippen LogP contribution in [0.1, 0.15) is 33.7 Å². The second kappa shape index (κ2) is 7.08. The number of nitrogens with one attached hydrogen (secondary N) is 1. The summed E-state index contributed by atoms with van der Waals surface area (Å²) in [6, 6.07) is 8.49. The molecule has 0 spiro atoms. The molecule has 1 fully saturated rings. The zero-order valence-electron chi connectivity index (χ0n) is 13.4. The fourth-order valence-electron chi connectivity index (χ4n) is 2.61. The summed E-state index contributed by atoms with van der Waals surface area (Å²) in [6.45, 7) is 1.54. The van der Waals surface area contributed by atoms with Gasteiger partial charge in [0.05, 0.1) is 12.7 Å². The first-order valence-corrected chi connectivity index (χ1v) is 7.74. The molecule has 0 radical (unpaired) electrons. The second-order valence-corrected chi connectivity index (χ2v) is 5.49. The lowest BCUT2D eigenvalue weighted by molar-refractivity contribution is 0.0600. The van der Waals surface area contributed by atoms with E-state index >= 15 is 0 Å². The molecule has 124 valence electrons. The second-order valence-electron chi connectivity index (χ2n) is 5.49. The average molecular weight is 326 g/mol. The molecule has 1 amide bonds. The van der Waals surface area contributed by atoms with Crippen LogP contribution < -0.4 is 5.32 Å². The lowest BCUT2D eigenvalue weighted by Gasteiger charge is -2.15. The third-order valence-corrected chi connectivity index (χ3v) is 3.84. The Morgan fingerprint density at radius 2 is 1.96 bits per heavy atom. The van der Waals surface area contributed by atoms with E-state index in [0.29, 0.717) is 22.8 Å². The Morgan fingerprint density at radius 3 is 2.71 bits per heavy atom. The summed E-state index contributed by atoms with van der Waals surface area (Å²) >= 11 is 0. The van der Waals surface area contributed by atoms with Crippen LogP contribution >= 0.6 is 0 Å². The summed E-state index contributed by atoms with van der Waals surface area (Å²) in [5.74, 6) is 0.00191. The first-order chi connectivity index (χ1) is 11.7. The molecule has 1 aliphatic rings. The van der Waals surface area contributed by atoms with E-state index in [9.17, 15) is 9.59 Å². The van der Waals surface area contributed by atoms with Crippen LogP contribution in [0.3, 0.4) is 0 Å². The van der Waals surface area contributed by atoms with Gasteiger partial charge in [0, 0.05) is 24.8 Å². The van der Waals surface area contributed by atoms with Crippen LogP contribution in [0.5, 0.6) is 0 Å². The number of likely N-dealkylation sites (tertiary alicyclic amines) is 1. The molecule has 1 aliphatic heterocycles. The molecule has 24 heavy (non-hydrogen) atoms. The molecule has 7 heteroatoms. The number of anilines is 2. The molecule has 0 saturated carbocycles. The van der Waals surface area contributed by atoms with Crippen molar-refractivity contribution in [3.63, 3.8) is 0 Å². The van der Waals surface area contributed by atoms with Crippen molar-refractivity contribution in [1.29, 1.82) is 0 Å². The SMILES string of the molecule is COC(=O)c1cccc(Nc2cc(C(=O)N3CCCC3)ncn2)c1. The van der Waals surface area contributed by atoms with Gasteiger partial charge >= 0.3 is 5.97 Å². The minimum atomic E-state index is -0.411. The van der Waals surface area contributed by atoms with Crippen LogP contribution in [-0.2, 0) is 4.74 Å². The van der Waals surface area contributed by atoms with Crippen molar-refractivity contribution in [2.75, 3.05) is 25.5 Å². The van der Waals surface area contributed by atoms with Crippen LogP contribution in [0, 0.1) is 0 Å². The number of aromatic nitrogens is 2. The molecule has 0 atom stereocenters. The molecule has 1 aromatic heterocycles. The maximum atomic E-state index is 12.4. The van der Waals surface area contributed by atoms with Gasteiger partial charge in [-0.25, -0.2) is 14.8 Å². The predicted molar refractivity (Wildman–Crippen MR) is 88.2 cm³/mol. The number of rotatable bonds is 4. The fourth-order valence-corrected chi connectivity index (χ4v) is 2.61. The zero-order valence-corrected chi connectivity index (χ0v) is 13.4. The number of hydrogen-bond acceptors (Lipinski definition) is 6. The minimum Gasteiger partial charge on any atom is -0.465 e. The van der Waals surface area contributed by atoms with Crippen molar-refractivity contribution in [2.24, 2.45) is 0 Å². The largest absolute Gasteiger partial charge is 0.465 e. The van der Waals surface area contributed by atoms with Gasteiger partial charge in [0.25, 0.3) is 5.91 Å². The lowest BCUT2D eigenvalue weighted by atomic mass is 10.2. The highest BCUT2D eigenvalue weighted by Gasteiger charge is 2.20. The van der Waals surface area contributed by atoms with Gasteiger partial charge in [0.2, 0.25) is 0 Å². The molecule has 3 rings (SSSR count). The molecule has 2 heterocycles. The minimum absolute atomic E-state index is 0.0822. The third-order valence-electron chi connectivity index (χ3n) is 3.84. The summed E-state index contributed by atoms with van der Waals surface area (Å²) in [6.07, 6.45) is 3.42. The first kappa shape index (κ1) is 15.9. The van der Waals surface area contributed by atoms with Gasteiger partial charge in [0.1, 0.15) is 17.8 Å². The van der Waals surface area contributed by atoms with E-state index in [2.05, 4.69) is 15.3 Å². The molecule has 2 aromatic rings. The standard InChI is InChI=1S/C17H18N4O3/c1-24-17(23)12-5-4-6-13(9-12)20-15-10-14(18-11-19-15)16(22)21-7-2-3-8-21/h4-6,9-11H,2-3,7-8H2,1H3,(H,18,19,20). The van der Waals surface area contributed by atoms with Crippen molar-refractivity contribution in [3.8, 4) is 0 Å². The quantitative estimate of drug-likeness (QED) is 0.868. The van der Waals surface area contributed by atoms with Gasteiger partial charge in [-0.1, -0.05) is 6.07 Å². The van der Waals surface area contributed by atoms with Crippen LogP contribution in [-0.4, -0.2) is 46.9 Å². The lowest BCUT2D eigenvalue weighted by Crippen LogP contribution is -2.28. The Labute approximate surface area is 139 Å². The number of methoxy groups -OCH3 is 1. The van der Waals surface area contributed by atoms with Crippen molar-refractivity contribution >= 4 is 23.4 Å². The molecule has 7 nitrogen and oxygen atoms in total. The van der Waals surface area contributed by atoms with Crippen LogP contribution in [0.25, 0.3) is 0 Å². The molecule has 0 unspecified atom stereocenters. The maximum absolute atomic E-state index is 12.4. The predicted octanol–water partition coefficient (Wildman–Crippen LogP) is 2.24. The molecule has 1 aromatic carbocycles. The van der Waals surface area contributed by atoms with Crippen molar-refractivity contribution in [2.45, 2.75) is 12.8 Å². The van der Waals surface area contributed by atoms with Crippen LogP contribution in [0.2, 0.25) is 0 Å². The monoisotopic (exact) mass is 326 g/mol. The van der Waals surface area contributed by atoms with Gasteiger partial charge in [-0.05, 0) is 31.0 Å². The summed E-state index contributed by atoms with van der Waals surface area (Å²) in [5.41, 5.74) is 1.47. The van der Waals surface area contributed by atoms with Crippen molar-refractivity contribution in [1.82, 2.24) is 14.9 Å². The zero-order chi connectivity index (χ0) is 16.9. The topological polar surface area (TPSA) is 84.4 Å². The highest BCUT2D eigenvalue weighted by atomic mass is 16.5. The van der Waals surface area contributed by atoms with E-state index in [0.717, 1.165) is 25.9 Å². The third kappa shape index (κ3) is 3.51. The number of carbonyl (C=O) groups is 2. The number of esters is 1. The number of benzene rings is 1. The van der Waals surface area contributed by atoms with Gasteiger partial charge < -0.3 is 15.0 Å². The molecular formula is C17H18N4O3. The van der Waals surface area contributed by atoms with E-state index in [-0.39, 0.29) is 5.91 Å². The molecule has 0 aliphatic carbocycles. The Hall–Kier alpha value is -2.96. The highest BCUT2D eigenvalue weighted by molar-refractivity contribution is 5.93.